The molecule has 9 aromatic rings. The molecule has 210 valence electrons. The minimum atomic E-state index is -0.761. The zero-order valence-electron chi connectivity index (χ0n) is 42.8. The molecule has 0 saturated heterocycles. The number of rotatable bonds is 4. The molecule has 0 radical (unpaired) electrons. The maximum Gasteiger partial charge on any atom is 0.135 e. The summed E-state index contributed by atoms with van der Waals surface area (Å²) in [7, 11) is 0. The highest BCUT2D eigenvalue weighted by molar-refractivity contribution is 6.07. The molecule has 0 aliphatic heterocycles. The molecule has 0 bridgehead atoms. The molecule has 3 heteroatoms. The standard InChI is InChI=1S/C42H26N2O/c1-2-13-32-27(8-1)9-6-16-37(32)40-24-23-39(45-40)31-11-5-10-30(26-31)33-20-21-36(35-15-4-3-14-34(33)35)38-22-19-29-18-17-28-12-7-25-43-41(28)42(29)44-38/h1-26H/i1D,2D,5D,6D,7D,8D,9D,10D,11D,12D,13D,16D,17D,18D,19D,22D,23D,24D,25D,26D. The quantitative estimate of drug-likeness (QED) is 0.190. The van der Waals surface area contributed by atoms with Gasteiger partial charge in [0.15, 0.2) is 0 Å². The van der Waals surface area contributed by atoms with Crippen LogP contribution >= 0.6 is 0 Å². The molecule has 0 spiro atoms. The molecule has 0 aliphatic carbocycles. The summed E-state index contributed by atoms with van der Waals surface area (Å²) in [6.07, 6.45) is -0.595. The van der Waals surface area contributed by atoms with Crippen LogP contribution < -0.4 is 0 Å². The minimum Gasteiger partial charge on any atom is -0.456 e. The highest BCUT2D eigenvalue weighted by Gasteiger charge is 2.14. The predicted molar refractivity (Wildman–Crippen MR) is 186 cm³/mol. The molecule has 3 heterocycles. The summed E-state index contributed by atoms with van der Waals surface area (Å²) in [4.78, 5) is 8.77. The van der Waals surface area contributed by atoms with E-state index in [9.17, 15) is 1.37 Å². The van der Waals surface area contributed by atoms with Gasteiger partial charge in [-0.1, -0.05) is 121 Å². The molecule has 0 amide bonds. The third-order valence-corrected chi connectivity index (χ3v) is 7.28. The van der Waals surface area contributed by atoms with E-state index < -0.39 is 154 Å². The Morgan fingerprint density at radius 2 is 1.20 bits per heavy atom. The topological polar surface area (TPSA) is 38.9 Å². The Morgan fingerprint density at radius 1 is 0.489 bits per heavy atom. The third-order valence-electron chi connectivity index (χ3n) is 7.28. The fourth-order valence-corrected chi connectivity index (χ4v) is 5.23. The average molecular weight is 595 g/mol. The first kappa shape index (κ1) is 12.5. The van der Waals surface area contributed by atoms with Crippen molar-refractivity contribution in [1.29, 1.82) is 0 Å². The van der Waals surface area contributed by atoms with Crippen LogP contribution in [-0.2, 0) is 0 Å². The number of pyridine rings is 2. The molecule has 0 fully saturated rings. The Hall–Kier alpha value is -6.06. The number of nitrogens with zero attached hydrogens (tertiary/aromatic N) is 2. The van der Waals surface area contributed by atoms with Crippen molar-refractivity contribution in [2.75, 3.05) is 0 Å². The van der Waals surface area contributed by atoms with Crippen molar-refractivity contribution >= 4 is 43.4 Å². The maximum atomic E-state index is 9.47. The molecule has 45 heavy (non-hydrogen) atoms. The van der Waals surface area contributed by atoms with Gasteiger partial charge in [0.1, 0.15) is 11.5 Å². The van der Waals surface area contributed by atoms with Crippen molar-refractivity contribution in [1.82, 2.24) is 9.97 Å². The van der Waals surface area contributed by atoms with Gasteiger partial charge in [0, 0.05) is 33.6 Å². The van der Waals surface area contributed by atoms with Crippen molar-refractivity contribution in [3.05, 3.63) is 157 Å². The van der Waals surface area contributed by atoms with Crippen LogP contribution in [0.1, 0.15) is 27.4 Å². The predicted octanol–water partition coefficient (Wildman–Crippen LogP) is 11.4. The normalized spacial score (nSPS) is 17.8. The number of furan rings is 1. The first-order valence-electron chi connectivity index (χ1n) is 23.5. The zero-order valence-corrected chi connectivity index (χ0v) is 22.8. The van der Waals surface area contributed by atoms with Gasteiger partial charge >= 0.3 is 0 Å². The fraction of sp³-hybridized carbons (Fsp3) is 0. The summed E-state index contributed by atoms with van der Waals surface area (Å²) >= 11 is 0. The van der Waals surface area contributed by atoms with Crippen molar-refractivity contribution in [2.24, 2.45) is 0 Å². The molecule has 0 unspecified atom stereocenters. The molecule has 0 saturated carbocycles. The zero-order chi connectivity index (χ0) is 47.1. The van der Waals surface area contributed by atoms with Crippen LogP contribution in [0.3, 0.4) is 0 Å². The number of benzene rings is 6. The van der Waals surface area contributed by atoms with Crippen LogP contribution in [0, 0.1) is 0 Å². The maximum absolute atomic E-state index is 9.47. The van der Waals surface area contributed by atoms with Crippen molar-refractivity contribution < 1.29 is 31.8 Å². The lowest BCUT2D eigenvalue weighted by Gasteiger charge is -2.13. The fourth-order valence-electron chi connectivity index (χ4n) is 5.23. The SMILES string of the molecule is [2H]c1nc2c(c([2H])c1[2H])c([2H])c([2H])c1c([2H])c([2H])c(-c3ccc(-c4c([2H])c([2H])c([2H])c(-c5oc(-c6c([2H])c([2H])c([2H])c7c([2H])c([2H])c([2H])c([2H])c67)c([2H])c5[2H])c4[2H])c4ccccc34)nc12. The van der Waals surface area contributed by atoms with Gasteiger partial charge in [-0.15, -0.1) is 0 Å². The van der Waals surface area contributed by atoms with E-state index in [1.54, 1.807) is 24.3 Å². The van der Waals surface area contributed by atoms with Crippen molar-refractivity contribution in [2.45, 2.75) is 0 Å². The van der Waals surface area contributed by atoms with Crippen LogP contribution in [0.2, 0.25) is 0 Å². The van der Waals surface area contributed by atoms with E-state index in [-0.39, 0.29) is 44.2 Å². The highest BCUT2D eigenvalue weighted by atomic mass is 16.3. The number of aromatic nitrogens is 2. The van der Waals surface area contributed by atoms with Gasteiger partial charge in [0.25, 0.3) is 0 Å². The molecule has 0 atom stereocenters. The lowest BCUT2D eigenvalue weighted by Crippen LogP contribution is -1.91. The van der Waals surface area contributed by atoms with Gasteiger partial charge in [-0.05, 0) is 62.9 Å². The number of hydrogen-bond acceptors (Lipinski definition) is 3. The molecule has 3 aromatic heterocycles. The highest BCUT2D eigenvalue weighted by Crippen LogP contribution is 2.38. The van der Waals surface area contributed by atoms with E-state index in [2.05, 4.69) is 9.97 Å². The van der Waals surface area contributed by atoms with E-state index in [0.29, 0.717) is 10.8 Å². The summed E-state index contributed by atoms with van der Waals surface area (Å²) in [5.41, 5.74) is -1.29. The summed E-state index contributed by atoms with van der Waals surface area (Å²) in [6, 6.07) is -2.80. The summed E-state index contributed by atoms with van der Waals surface area (Å²) < 4.78 is 179. The monoisotopic (exact) mass is 594 g/mol. The van der Waals surface area contributed by atoms with E-state index in [1.807, 2.05) is 0 Å². The lowest BCUT2D eigenvalue weighted by atomic mass is 9.92. The Morgan fingerprint density at radius 3 is 2.13 bits per heavy atom. The molecule has 6 aromatic carbocycles. The number of hydrogen-bond donors (Lipinski definition) is 0. The lowest BCUT2D eigenvalue weighted by molar-refractivity contribution is 0.598. The summed E-state index contributed by atoms with van der Waals surface area (Å²) in [5, 5.41) is -0.637. The summed E-state index contributed by atoms with van der Waals surface area (Å²) in [6.45, 7) is 0. The van der Waals surface area contributed by atoms with Crippen LogP contribution in [0.4, 0.5) is 0 Å². The Kier molecular flexibility index (Phi) is 2.86. The van der Waals surface area contributed by atoms with Crippen LogP contribution in [-0.4, -0.2) is 9.97 Å². The first-order chi connectivity index (χ1) is 30.6. The van der Waals surface area contributed by atoms with Gasteiger partial charge in [-0.2, -0.15) is 0 Å². The second-order valence-electron chi connectivity index (χ2n) is 9.85. The van der Waals surface area contributed by atoms with Gasteiger partial charge in [-0.3, -0.25) is 4.98 Å². The van der Waals surface area contributed by atoms with Crippen molar-refractivity contribution in [3.63, 3.8) is 0 Å². The average Bonchev–Trinajstić information content (AvgIpc) is 3.56. The van der Waals surface area contributed by atoms with Gasteiger partial charge in [-0.25, -0.2) is 4.98 Å². The summed E-state index contributed by atoms with van der Waals surface area (Å²) in [5.74, 6) is -1.25. The molecule has 0 N–H and O–H groups in total. The van der Waals surface area contributed by atoms with Gasteiger partial charge in [0.05, 0.1) is 44.1 Å². The molecule has 0 aliphatic rings. The van der Waals surface area contributed by atoms with Gasteiger partial charge < -0.3 is 4.42 Å². The van der Waals surface area contributed by atoms with E-state index in [0.717, 1.165) is 0 Å². The smallest absolute Gasteiger partial charge is 0.135 e. The Balaban J connectivity index is 1.29. The van der Waals surface area contributed by atoms with E-state index in [4.69, 9.17) is 30.5 Å². The molecule has 3 nitrogen and oxygen atoms in total. The van der Waals surface area contributed by atoms with E-state index >= 15 is 0 Å². The molecular weight excluding hydrogens is 548 g/mol. The third kappa shape index (κ3) is 4.29. The van der Waals surface area contributed by atoms with Crippen LogP contribution in [0.25, 0.3) is 88.4 Å². The second-order valence-corrected chi connectivity index (χ2v) is 9.85. The van der Waals surface area contributed by atoms with E-state index in [1.165, 1.54) is 12.1 Å². The Labute approximate surface area is 288 Å². The Bertz CT molecular complexity index is 3670. The molecule has 9 rings (SSSR count). The molecular formula is C42H26N2O. The van der Waals surface area contributed by atoms with Crippen LogP contribution in [0.5, 0.6) is 0 Å². The minimum absolute atomic E-state index is 0.107. The van der Waals surface area contributed by atoms with Crippen molar-refractivity contribution in [3.8, 4) is 45.0 Å². The van der Waals surface area contributed by atoms with Crippen LogP contribution in [0.15, 0.2) is 162 Å². The second kappa shape index (κ2) is 10.3. The van der Waals surface area contributed by atoms with Gasteiger partial charge in [0.2, 0.25) is 0 Å². The number of fused-ring (bicyclic) bond motifs is 5. The first-order valence-corrected chi connectivity index (χ1v) is 13.5. The largest absolute Gasteiger partial charge is 0.456 e.